The number of carbonyl (C=O) groups excluding carboxylic acids is 5. The molecule has 37 heavy (non-hydrogen) atoms. The number of hydrogen-bond donors (Lipinski definition) is 1. The molecule has 4 amide bonds. The van der Waals surface area contributed by atoms with E-state index in [2.05, 4.69) is 0 Å². The van der Waals surface area contributed by atoms with E-state index in [4.69, 9.17) is 31.5 Å². The van der Waals surface area contributed by atoms with E-state index < -0.39 is 43.1 Å². The van der Waals surface area contributed by atoms with Gasteiger partial charge in [0.15, 0.2) is 6.61 Å². The summed E-state index contributed by atoms with van der Waals surface area (Å²) in [7, 11) is 0. The lowest BCUT2D eigenvalue weighted by Crippen LogP contribution is -2.45. The van der Waals surface area contributed by atoms with E-state index in [1.54, 1.807) is 29.2 Å². The van der Waals surface area contributed by atoms with Crippen molar-refractivity contribution in [3.8, 4) is 0 Å². The van der Waals surface area contributed by atoms with E-state index in [1.807, 2.05) is 0 Å². The highest BCUT2D eigenvalue weighted by Gasteiger charge is 2.37. The van der Waals surface area contributed by atoms with Crippen LogP contribution in [0.15, 0.2) is 36.4 Å². The number of hydrogen-bond acceptors (Lipinski definition) is 10. The summed E-state index contributed by atoms with van der Waals surface area (Å²) in [5.74, 6) is -2.43. The van der Waals surface area contributed by atoms with Crippen LogP contribution in [0.1, 0.15) is 9.67 Å². The first-order valence-corrected chi connectivity index (χ1v) is 12.4. The molecule has 2 saturated heterocycles. The van der Waals surface area contributed by atoms with Crippen molar-refractivity contribution in [1.82, 2.24) is 4.90 Å². The van der Waals surface area contributed by atoms with Crippen molar-refractivity contribution < 1.29 is 38.2 Å². The summed E-state index contributed by atoms with van der Waals surface area (Å²) >= 11 is 6.91. The second kappa shape index (κ2) is 11.7. The van der Waals surface area contributed by atoms with Crippen LogP contribution < -0.4 is 15.5 Å². The predicted molar refractivity (Wildman–Crippen MR) is 133 cm³/mol. The fourth-order valence-electron chi connectivity index (χ4n) is 3.77. The van der Waals surface area contributed by atoms with Gasteiger partial charge in [0, 0.05) is 17.9 Å². The van der Waals surface area contributed by atoms with Crippen LogP contribution in [-0.2, 0) is 28.6 Å². The van der Waals surface area contributed by atoms with Crippen LogP contribution in [0.4, 0.5) is 16.2 Å². The number of imide groups is 1. The molecule has 0 aliphatic carbocycles. The number of benzene rings is 1. The first-order valence-electron chi connectivity index (χ1n) is 11.2. The van der Waals surface area contributed by atoms with Gasteiger partial charge in [0.05, 0.1) is 35.5 Å². The average molecular weight is 551 g/mol. The molecule has 14 heteroatoms. The van der Waals surface area contributed by atoms with Crippen molar-refractivity contribution in [2.24, 2.45) is 5.73 Å². The molecule has 2 aromatic rings. The fourth-order valence-corrected chi connectivity index (χ4v) is 4.77. The van der Waals surface area contributed by atoms with Gasteiger partial charge < -0.3 is 24.8 Å². The van der Waals surface area contributed by atoms with Gasteiger partial charge in [-0.2, -0.15) is 0 Å². The summed E-state index contributed by atoms with van der Waals surface area (Å²) in [6.45, 7) is -0.457. The zero-order valence-electron chi connectivity index (χ0n) is 19.5. The molecule has 2 N–H and O–H groups in total. The zero-order chi connectivity index (χ0) is 26.5. The van der Waals surface area contributed by atoms with Crippen LogP contribution in [0.5, 0.6) is 0 Å². The number of cyclic esters (lactones) is 1. The molecule has 196 valence electrons. The van der Waals surface area contributed by atoms with Gasteiger partial charge in [-0.05, 0) is 36.4 Å². The van der Waals surface area contributed by atoms with E-state index >= 15 is 0 Å². The lowest BCUT2D eigenvalue weighted by Gasteiger charge is -2.27. The topological polar surface area (TPSA) is 149 Å². The van der Waals surface area contributed by atoms with Crippen molar-refractivity contribution in [2.75, 3.05) is 55.8 Å². The molecule has 1 aromatic heterocycles. The van der Waals surface area contributed by atoms with Crippen LogP contribution in [0, 0.1) is 0 Å². The first-order chi connectivity index (χ1) is 17.8. The smallest absolute Gasteiger partial charge is 0.414 e. The van der Waals surface area contributed by atoms with E-state index in [1.165, 1.54) is 17.0 Å². The number of anilines is 2. The molecule has 0 unspecified atom stereocenters. The van der Waals surface area contributed by atoms with Crippen LogP contribution in [0.25, 0.3) is 0 Å². The summed E-state index contributed by atoms with van der Waals surface area (Å²) in [5.41, 5.74) is 6.39. The van der Waals surface area contributed by atoms with Gasteiger partial charge in [0.2, 0.25) is 0 Å². The first kappa shape index (κ1) is 26.5. The largest absolute Gasteiger partial charge is 0.455 e. The summed E-state index contributed by atoms with van der Waals surface area (Å²) in [5, 5.41) is 0. The molecule has 2 aliphatic heterocycles. The number of esters is 1. The Bertz CT molecular complexity index is 1200. The highest BCUT2D eigenvalue weighted by Crippen LogP contribution is 2.27. The Morgan fingerprint density at radius 1 is 1.11 bits per heavy atom. The number of thiophene rings is 1. The minimum absolute atomic E-state index is 0.0128. The van der Waals surface area contributed by atoms with Crippen molar-refractivity contribution >= 4 is 64.1 Å². The van der Waals surface area contributed by atoms with Gasteiger partial charge in [-0.25, -0.2) is 4.79 Å². The summed E-state index contributed by atoms with van der Waals surface area (Å²) in [6.07, 6.45) is -1.50. The average Bonchev–Trinajstić information content (AvgIpc) is 3.50. The second-order valence-corrected chi connectivity index (χ2v) is 9.72. The number of ether oxygens (including phenoxy) is 3. The van der Waals surface area contributed by atoms with Gasteiger partial charge in [0.25, 0.3) is 17.7 Å². The third-order valence-electron chi connectivity index (χ3n) is 5.57. The highest BCUT2D eigenvalue weighted by atomic mass is 35.5. The fraction of sp³-hybridized carbons (Fsp3) is 0.348. The summed E-state index contributed by atoms with van der Waals surface area (Å²) in [6, 6.07) is 9.76. The van der Waals surface area contributed by atoms with E-state index in [-0.39, 0.29) is 30.5 Å². The SMILES string of the molecule is NCC(=O)OCC(=O)N(C[C@H]1CN(c2ccc(N3CCOCC3=O)cc2)C(=O)O1)C(=O)c1ccc(Cl)s1. The van der Waals surface area contributed by atoms with Crippen molar-refractivity contribution in [3.05, 3.63) is 45.6 Å². The number of morpholine rings is 1. The third-order valence-corrected chi connectivity index (χ3v) is 6.79. The van der Waals surface area contributed by atoms with Crippen molar-refractivity contribution in [1.29, 1.82) is 0 Å². The van der Waals surface area contributed by atoms with E-state index in [0.717, 1.165) is 16.2 Å². The molecule has 0 spiro atoms. The minimum Gasteiger partial charge on any atom is -0.455 e. The van der Waals surface area contributed by atoms with Crippen LogP contribution in [0.3, 0.4) is 0 Å². The number of amides is 4. The lowest BCUT2D eigenvalue weighted by molar-refractivity contribution is -0.150. The van der Waals surface area contributed by atoms with E-state index in [9.17, 15) is 24.0 Å². The monoisotopic (exact) mass is 550 g/mol. The van der Waals surface area contributed by atoms with Gasteiger partial charge in [-0.15, -0.1) is 11.3 Å². The minimum atomic E-state index is -0.846. The van der Waals surface area contributed by atoms with Gasteiger partial charge in [-0.3, -0.25) is 29.0 Å². The number of carbonyl (C=O) groups is 5. The zero-order valence-corrected chi connectivity index (χ0v) is 21.0. The van der Waals surface area contributed by atoms with Crippen LogP contribution in [0.2, 0.25) is 4.34 Å². The molecule has 2 aliphatic rings. The molecule has 12 nitrogen and oxygen atoms in total. The maximum absolute atomic E-state index is 13.0. The normalized spacial score (nSPS) is 17.5. The number of halogens is 1. The van der Waals surface area contributed by atoms with Crippen molar-refractivity contribution in [2.45, 2.75) is 6.10 Å². The van der Waals surface area contributed by atoms with Gasteiger partial charge in [0.1, 0.15) is 12.7 Å². The molecule has 2 fully saturated rings. The molecule has 1 atom stereocenters. The predicted octanol–water partition coefficient (Wildman–Crippen LogP) is 1.26. The number of nitrogens with zero attached hydrogens (tertiary/aromatic N) is 3. The standard InChI is InChI=1S/C23H23ClN4O8S/c24-18-6-5-17(37-18)22(32)28(20(30)13-35-21(31)9-25)11-16-10-27(23(33)36-16)15-3-1-14(2-4-15)26-7-8-34-12-19(26)29/h1-6,16H,7-13,25H2/t16-/m1/s1. The molecule has 1 aromatic carbocycles. The Labute approximate surface area is 220 Å². The van der Waals surface area contributed by atoms with Gasteiger partial charge in [-0.1, -0.05) is 11.6 Å². The Morgan fingerprint density at radius 3 is 2.43 bits per heavy atom. The molecule has 0 radical (unpaired) electrons. The molecular weight excluding hydrogens is 528 g/mol. The Balaban J connectivity index is 1.45. The molecular formula is C23H23ClN4O8S. The second-order valence-electron chi connectivity index (χ2n) is 8.01. The van der Waals surface area contributed by atoms with Crippen molar-refractivity contribution in [3.63, 3.8) is 0 Å². The lowest BCUT2D eigenvalue weighted by atomic mass is 10.2. The third kappa shape index (κ3) is 6.25. The van der Waals surface area contributed by atoms with E-state index in [0.29, 0.717) is 28.9 Å². The Kier molecular flexibility index (Phi) is 8.38. The summed E-state index contributed by atoms with van der Waals surface area (Å²) < 4.78 is 15.7. The van der Waals surface area contributed by atoms with Crippen LogP contribution >= 0.6 is 22.9 Å². The van der Waals surface area contributed by atoms with Gasteiger partial charge >= 0.3 is 12.1 Å². The highest BCUT2D eigenvalue weighted by molar-refractivity contribution is 7.18. The van der Waals surface area contributed by atoms with Crippen LogP contribution in [-0.4, -0.2) is 86.8 Å². The molecule has 0 saturated carbocycles. The maximum Gasteiger partial charge on any atom is 0.414 e. The number of nitrogens with two attached hydrogens (primary N) is 1. The molecule has 0 bridgehead atoms. The Morgan fingerprint density at radius 2 is 1.81 bits per heavy atom. The molecule has 4 rings (SSSR count). The Hall–Kier alpha value is -3.52. The number of rotatable bonds is 8. The quantitative estimate of drug-likeness (QED) is 0.479. The summed E-state index contributed by atoms with van der Waals surface area (Å²) in [4.78, 5) is 65.9. The molecule has 3 heterocycles. The maximum atomic E-state index is 13.0.